The maximum atomic E-state index is 14.6. The lowest BCUT2D eigenvalue weighted by atomic mass is 10.1. The van der Waals surface area contributed by atoms with Crippen LogP contribution in [-0.2, 0) is 14.1 Å². The number of rotatable bonds is 9. The second kappa shape index (κ2) is 8.33. The SMILES string of the molecule is CCCCC[C@@H]([C@@H]1O[C@H]1C(C)=O)P(=O)(c1ccccc1)c1ccccc1. The molecule has 3 rings (SSSR count). The third-order valence-electron chi connectivity index (χ3n) is 5.16. The van der Waals surface area contributed by atoms with Crippen molar-refractivity contribution in [2.24, 2.45) is 0 Å². The van der Waals surface area contributed by atoms with E-state index in [1.165, 1.54) is 0 Å². The zero-order chi connectivity index (χ0) is 18.6. The number of carbonyl (C=O) groups excluding carboxylic acids is 1. The first kappa shape index (κ1) is 19.1. The number of benzene rings is 2. The van der Waals surface area contributed by atoms with Crippen molar-refractivity contribution in [1.82, 2.24) is 0 Å². The third-order valence-corrected chi connectivity index (χ3v) is 8.77. The van der Waals surface area contributed by atoms with Crippen LogP contribution in [0.3, 0.4) is 0 Å². The molecule has 0 aromatic heterocycles. The summed E-state index contributed by atoms with van der Waals surface area (Å²) in [5.41, 5.74) is -0.159. The van der Waals surface area contributed by atoms with E-state index in [0.717, 1.165) is 36.3 Å². The molecule has 4 heteroatoms. The van der Waals surface area contributed by atoms with E-state index >= 15 is 0 Å². The van der Waals surface area contributed by atoms with Crippen LogP contribution in [0.25, 0.3) is 0 Å². The molecular weight excluding hydrogens is 343 g/mol. The fourth-order valence-corrected chi connectivity index (χ4v) is 7.21. The van der Waals surface area contributed by atoms with Crippen LogP contribution in [0.5, 0.6) is 0 Å². The first-order valence-electron chi connectivity index (χ1n) is 9.46. The first-order valence-corrected chi connectivity index (χ1v) is 11.2. The number of carbonyl (C=O) groups is 1. The van der Waals surface area contributed by atoms with Crippen LogP contribution < -0.4 is 10.6 Å². The molecule has 2 aromatic carbocycles. The number of ketones is 1. The predicted octanol–water partition coefficient (Wildman–Crippen LogP) is 4.31. The molecule has 26 heavy (non-hydrogen) atoms. The molecule has 0 N–H and O–H groups in total. The molecular formula is C22H27O3P. The summed E-state index contributed by atoms with van der Waals surface area (Å²) >= 11 is 0. The molecule has 1 aliphatic heterocycles. The second-order valence-corrected chi connectivity index (χ2v) is 10.0. The minimum absolute atomic E-state index is 0.0307. The molecule has 0 amide bonds. The van der Waals surface area contributed by atoms with Crippen molar-refractivity contribution in [1.29, 1.82) is 0 Å². The zero-order valence-electron chi connectivity index (χ0n) is 15.5. The summed E-state index contributed by atoms with van der Waals surface area (Å²) < 4.78 is 20.3. The zero-order valence-corrected chi connectivity index (χ0v) is 16.4. The van der Waals surface area contributed by atoms with Crippen LogP contribution in [0.1, 0.15) is 39.5 Å². The quantitative estimate of drug-likeness (QED) is 0.375. The van der Waals surface area contributed by atoms with Gasteiger partial charge in [-0.05, 0) is 13.3 Å². The van der Waals surface area contributed by atoms with Gasteiger partial charge in [-0.1, -0.05) is 86.8 Å². The summed E-state index contributed by atoms with van der Waals surface area (Å²) in [5, 5.41) is 1.70. The van der Waals surface area contributed by atoms with Gasteiger partial charge in [0, 0.05) is 16.3 Å². The Bertz CT molecular complexity index is 729. The van der Waals surface area contributed by atoms with Gasteiger partial charge in [0.25, 0.3) is 0 Å². The van der Waals surface area contributed by atoms with Crippen LogP contribution >= 0.6 is 7.14 Å². The molecule has 3 atom stereocenters. The molecule has 2 aromatic rings. The third kappa shape index (κ3) is 3.84. The van der Waals surface area contributed by atoms with Crippen LogP contribution in [0.15, 0.2) is 60.7 Å². The van der Waals surface area contributed by atoms with Crippen molar-refractivity contribution in [2.75, 3.05) is 0 Å². The van der Waals surface area contributed by atoms with Crippen LogP contribution in [-0.4, -0.2) is 23.7 Å². The Morgan fingerprint density at radius 2 is 1.54 bits per heavy atom. The molecule has 138 valence electrons. The Morgan fingerprint density at radius 1 is 1.00 bits per heavy atom. The smallest absolute Gasteiger partial charge is 0.161 e. The average molecular weight is 370 g/mol. The molecule has 0 spiro atoms. The number of epoxide rings is 1. The normalized spacial score (nSPS) is 20.5. The molecule has 1 aliphatic rings. The van der Waals surface area contributed by atoms with Crippen molar-refractivity contribution in [3.8, 4) is 0 Å². The minimum Gasteiger partial charge on any atom is -0.360 e. The molecule has 0 bridgehead atoms. The summed E-state index contributed by atoms with van der Waals surface area (Å²) in [4.78, 5) is 11.8. The summed E-state index contributed by atoms with van der Waals surface area (Å²) in [5.74, 6) is 0.0307. The van der Waals surface area contributed by atoms with Gasteiger partial charge in [0.15, 0.2) is 5.78 Å². The summed E-state index contributed by atoms with van der Waals surface area (Å²) in [6.45, 7) is 3.72. The topological polar surface area (TPSA) is 46.7 Å². The number of Topliss-reactive ketones (excluding diaryl/α,β-unsaturated/α-hetero) is 1. The number of hydrogen-bond donors (Lipinski definition) is 0. The monoisotopic (exact) mass is 370 g/mol. The van der Waals surface area contributed by atoms with E-state index in [0.29, 0.717) is 0 Å². The van der Waals surface area contributed by atoms with Crippen LogP contribution in [0.2, 0.25) is 0 Å². The van der Waals surface area contributed by atoms with E-state index in [4.69, 9.17) is 4.74 Å². The minimum atomic E-state index is -2.92. The molecule has 0 unspecified atom stereocenters. The lowest BCUT2D eigenvalue weighted by Crippen LogP contribution is -2.31. The Kier molecular flexibility index (Phi) is 6.11. The molecule has 0 saturated carbocycles. The summed E-state index contributed by atoms with van der Waals surface area (Å²) in [6.07, 6.45) is 3.36. The van der Waals surface area contributed by atoms with Gasteiger partial charge in [-0.25, -0.2) is 0 Å². The molecule has 0 radical (unpaired) electrons. The van der Waals surface area contributed by atoms with Crippen LogP contribution in [0.4, 0.5) is 0 Å². The van der Waals surface area contributed by atoms with Gasteiger partial charge in [0.05, 0.1) is 0 Å². The van der Waals surface area contributed by atoms with Crippen molar-refractivity contribution < 1.29 is 14.1 Å². The Hall–Kier alpha value is -1.70. The average Bonchev–Trinajstić information content (AvgIpc) is 3.47. The summed E-state index contributed by atoms with van der Waals surface area (Å²) in [6, 6.07) is 19.4. The summed E-state index contributed by atoms with van der Waals surface area (Å²) in [7, 11) is -2.92. The van der Waals surface area contributed by atoms with E-state index in [9.17, 15) is 9.36 Å². The van der Waals surface area contributed by atoms with E-state index in [1.54, 1.807) is 6.92 Å². The highest BCUT2D eigenvalue weighted by Gasteiger charge is 2.54. The largest absolute Gasteiger partial charge is 0.360 e. The molecule has 1 saturated heterocycles. The highest BCUT2D eigenvalue weighted by molar-refractivity contribution is 7.79. The Labute approximate surface area is 156 Å². The van der Waals surface area contributed by atoms with Gasteiger partial charge in [0.2, 0.25) is 0 Å². The van der Waals surface area contributed by atoms with Crippen molar-refractivity contribution in [3.63, 3.8) is 0 Å². The van der Waals surface area contributed by atoms with E-state index in [-0.39, 0.29) is 17.5 Å². The fraction of sp³-hybridized carbons (Fsp3) is 0.409. The maximum absolute atomic E-state index is 14.6. The van der Waals surface area contributed by atoms with Crippen molar-refractivity contribution in [2.45, 2.75) is 57.4 Å². The van der Waals surface area contributed by atoms with Crippen molar-refractivity contribution in [3.05, 3.63) is 60.7 Å². The number of ether oxygens (including phenoxy) is 1. The van der Waals surface area contributed by atoms with Gasteiger partial charge in [0.1, 0.15) is 19.3 Å². The standard InChI is InChI=1S/C22H27O3P/c1-3-4-7-16-20(22-21(25-22)17(2)23)26(24,18-12-8-5-9-13-18)19-14-10-6-11-15-19/h5-6,8-15,20-22H,3-4,7,16H2,1-2H3/t20-,21-,22-/m0/s1. The second-order valence-electron chi connectivity index (χ2n) is 7.02. The lowest BCUT2D eigenvalue weighted by molar-refractivity contribution is -0.118. The van der Waals surface area contributed by atoms with Gasteiger partial charge in [-0.3, -0.25) is 4.79 Å². The van der Waals surface area contributed by atoms with Crippen molar-refractivity contribution >= 4 is 23.5 Å². The number of unbranched alkanes of at least 4 members (excludes halogenated alkanes) is 2. The van der Waals surface area contributed by atoms with E-state index in [1.807, 2.05) is 60.7 Å². The Morgan fingerprint density at radius 3 is 1.96 bits per heavy atom. The van der Waals surface area contributed by atoms with Gasteiger partial charge in [-0.2, -0.15) is 0 Å². The molecule has 1 fully saturated rings. The number of hydrogen-bond acceptors (Lipinski definition) is 3. The van der Waals surface area contributed by atoms with Gasteiger partial charge in [-0.15, -0.1) is 0 Å². The molecule has 3 nitrogen and oxygen atoms in total. The molecule has 1 heterocycles. The molecule has 0 aliphatic carbocycles. The van der Waals surface area contributed by atoms with Gasteiger partial charge < -0.3 is 9.30 Å². The van der Waals surface area contributed by atoms with Crippen LogP contribution in [0, 0.1) is 0 Å². The maximum Gasteiger partial charge on any atom is 0.161 e. The lowest BCUT2D eigenvalue weighted by Gasteiger charge is -2.28. The Balaban J connectivity index is 2.05. The van der Waals surface area contributed by atoms with E-state index < -0.39 is 13.2 Å². The predicted molar refractivity (Wildman–Crippen MR) is 107 cm³/mol. The highest BCUT2D eigenvalue weighted by atomic mass is 31.2. The van der Waals surface area contributed by atoms with Gasteiger partial charge >= 0.3 is 0 Å². The highest BCUT2D eigenvalue weighted by Crippen LogP contribution is 2.56. The van der Waals surface area contributed by atoms with E-state index in [2.05, 4.69) is 6.92 Å². The fourth-order valence-electron chi connectivity index (χ4n) is 3.73. The first-order chi connectivity index (χ1) is 12.6.